The summed E-state index contributed by atoms with van der Waals surface area (Å²) < 4.78 is 1.05. The maximum atomic E-state index is 12.3. The van der Waals surface area contributed by atoms with Crippen molar-refractivity contribution in [1.29, 1.82) is 0 Å². The number of piperidine rings is 1. The first kappa shape index (κ1) is 11.2. The number of fused-ring (bicyclic) bond motifs is 1. The van der Waals surface area contributed by atoms with Crippen molar-refractivity contribution in [3.05, 3.63) is 33.8 Å². The minimum atomic E-state index is 0.196. The molecular weight excluding hydrogens is 280 g/mol. The smallest absolute Gasteiger partial charge is 0.254 e. The molecule has 1 N–H and O–H groups in total. The number of amides is 1. The van der Waals surface area contributed by atoms with E-state index in [0.29, 0.717) is 6.04 Å². The highest BCUT2D eigenvalue weighted by atomic mass is 79.9. The van der Waals surface area contributed by atoms with Gasteiger partial charge in [-0.1, -0.05) is 15.9 Å². The molecule has 1 unspecified atom stereocenters. The first-order chi connectivity index (χ1) is 8.25. The van der Waals surface area contributed by atoms with E-state index in [2.05, 4.69) is 27.3 Å². The van der Waals surface area contributed by atoms with Gasteiger partial charge in [0.2, 0.25) is 0 Å². The first-order valence-corrected chi connectivity index (χ1v) is 6.85. The molecule has 3 rings (SSSR count). The van der Waals surface area contributed by atoms with Crippen molar-refractivity contribution in [2.24, 2.45) is 0 Å². The Labute approximate surface area is 109 Å². The van der Waals surface area contributed by atoms with Crippen LogP contribution in [0.4, 0.5) is 0 Å². The van der Waals surface area contributed by atoms with Crippen LogP contribution in [0.15, 0.2) is 22.7 Å². The van der Waals surface area contributed by atoms with E-state index in [9.17, 15) is 4.79 Å². The van der Waals surface area contributed by atoms with Gasteiger partial charge in [0.1, 0.15) is 0 Å². The Balaban J connectivity index is 1.85. The van der Waals surface area contributed by atoms with Crippen LogP contribution < -0.4 is 5.32 Å². The van der Waals surface area contributed by atoms with E-state index in [1.807, 2.05) is 17.0 Å². The monoisotopic (exact) mass is 294 g/mol. The van der Waals surface area contributed by atoms with Crippen molar-refractivity contribution in [2.75, 3.05) is 13.1 Å². The summed E-state index contributed by atoms with van der Waals surface area (Å²) in [5.41, 5.74) is 2.02. The number of rotatable bonds is 1. The Bertz CT molecular complexity index is 455. The standard InChI is InChI=1S/C13H15BrN2O/c14-10-3-4-12-9(6-10)8-16(13(12)17)11-2-1-5-15-7-11/h3-4,6,11,15H,1-2,5,7-8H2. The fraction of sp³-hybridized carbons (Fsp3) is 0.462. The minimum Gasteiger partial charge on any atom is -0.330 e. The van der Waals surface area contributed by atoms with Gasteiger partial charge in [0.05, 0.1) is 0 Å². The van der Waals surface area contributed by atoms with Crippen LogP contribution in [0.2, 0.25) is 0 Å². The van der Waals surface area contributed by atoms with Gasteiger partial charge in [-0.15, -0.1) is 0 Å². The molecular formula is C13H15BrN2O. The number of hydrogen-bond acceptors (Lipinski definition) is 2. The number of carbonyl (C=O) groups is 1. The average Bonchev–Trinajstić information content (AvgIpc) is 2.67. The Hall–Kier alpha value is -0.870. The summed E-state index contributed by atoms with van der Waals surface area (Å²) in [6, 6.07) is 6.29. The molecule has 0 bridgehead atoms. The molecule has 0 spiro atoms. The van der Waals surface area contributed by atoms with E-state index in [1.165, 1.54) is 0 Å². The van der Waals surface area contributed by atoms with Gasteiger partial charge in [-0.25, -0.2) is 0 Å². The van der Waals surface area contributed by atoms with Gasteiger partial charge < -0.3 is 10.2 Å². The van der Waals surface area contributed by atoms with E-state index in [-0.39, 0.29) is 5.91 Å². The van der Waals surface area contributed by atoms with E-state index >= 15 is 0 Å². The van der Waals surface area contributed by atoms with Gasteiger partial charge in [0.25, 0.3) is 5.91 Å². The molecule has 0 radical (unpaired) electrons. The molecule has 1 aromatic rings. The number of nitrogens with one attached hydrogen (secondary N) is 1. The molecule has 3 nitrogen and oxygen atoms in total. The summed E-state index contributed by atoms with van der Waals surface area (Å²) in [7, 11) is 0. The molecule has 90 valence electrons. The Morgan fingerprint density at radius 1 is 1.41 bits per heavy atom. The molecule has 1 aromatic carbocycles. The maximum absolute atomic E-state index is 12.3. The van der Waals surface area contributed by atoms with Crippen LogP contribution >= 0.6 is 15.9 Å². The zero-order valence-electron chi connectivity index (χ0n) is 9.58. The number of hydrogen-bond donors (Lipinski definition) is 1. The normalized spacial score (nSPS) is 23.9. The fourth-order valence-electron chi connectivity index (χ4n) is 2.71. The van der Waals surface area contributed by atoms with Gasteiger partial charge in [-0.2, -0.15) is 0 Å². The number of carbonyl (C=O) groups excluding carboxylic acids is 1. The van der Waals surface area contributed by atoms with Crippen molar-refractivity contribution in [3.63, 3.8) is 0 Å². The third-order valence-corrected chi connectivity index (χ3v) is 4.10. The molecule has 4 heteroatoms. The summed E-state index contributed by atoms with van der Waals surface area (Å²) in [6.07, 6.45) is 2.28. The molecule has 1 amide bonds. The van der Waals surface area contributed by atoms with Gasteiger partial charge >= 0.3 is 0 Å². The molecule has 0 aliphatic carbocycles. The quantitative estimate of drug-likeness (QED) is 0.861. The third kappa shape index (κ3) is 2.00. The topological polar surface area (TPSA) is 32.3 Å². The van der Waals surface area contributed by atoms with Crippen molar-refractivity contribution in [1.82, 2.24) is 10.2 Å². The average molecular weight is 295 g/mol. The SMILES string of the molecule is O=C1c2ccc(Br)cc2CN1C1CCCNC1. The molecule has 1 fully saturated rings. The predicted molar refractivity (Wildman–Crippen MR) is 69.9 cm³/mol. The molecule has 17 heavy (non-hydrogen) atoms. The molecule has 1 saturated heterocycles. The van der Waals surface area contributed by atoms with Gasteiger partial charge in [-0.3, -0.25) is 4.79 Å². The molecule has 0 saturated carbocycles. The molecule has 2 aliphatic heterocycles. The van der Waals surface area contributed by atoms with Crippen molar-refractivity contribution in [3.8, 4) is 0 Å². The molecule has 2 heterocycles. The summed E-state index contributed by atoms with van der Waals surface area (Å²) in [5, 5.41) is 3.37. The summed E-state index contributed by atoms with van der Waals surface area (Å²) in [5.74, 6) is 0.196. The summed E-state index contributed by atoms with van der Waals surface area (Å²) in [6.45, 7) is 2.78. The van der Waals surface area contributed by atoms with Crippen LogP contribution in [0.5, 0.6) is 0 Å². The third-order valence-electron chi connectivity index (χ3n) is 3.61. The van der Waals surface area contributed by atoms with Crippen molar-refractivity contribution < 1.29 is 4.79 Å². The predicted octanol–water partition coefficient (Wildman–Crippen LogP) is 2.16. The highest BCUT2D eigenvalue weighted by Gasteiger charge is 2.33. The Morgan fingerprint density at radius 2 is 2.29 bits per heavy atom. The highest BCUT2D eigenvalue weighted by Crippen LogP contribution is 2.28. The number of benzene rings is 1. The summed E-state index contributed by atoms with van der Waals surface area (Å²) in [4.78, 5) is 14.3. The second-order valence-electron chi connectivity index (χ2n) is 4.73. The van der Waals surface area contributed by atoms with Gasteiger partial charge in [0, 0.05) is 29.2 Å². The first-order valence-electron chi connectivity index (χ1n) is 6.06. The summed E-state index contributed by atoms with van der Waals surface area (Å²) >= 11 is 3.46. The lowest BCUT2D eigenvalue weighted by atomic mass is 10.1. The van der Waals surface area contributed by atoms with Crippen LogP contribution in [0.1, 0.15) is 28.8 Å². The van der Waals surface area contributed by atoms with Crippen LogP contribution in [-0.2, 0) is 6.54 Å². The lowest BCUT2D eigenvalue weighted by molar-refractivity contribution is 0.0674. The maximum Gasteiger partial charge on any atom is 0.254 e. The zero-order valence-corrected chi connectivity index (χ0v) is 11.2. The highest BCUT2D eigenvalue weighted by molar-refractivity contribution is 9.10. The lowest BCUT2D eigenvalue weighted by Crippen LogP contribution is -2.46. The zero-order chi connectivity index (χ0) is 11.8. The molecule has 0 aromatic heterocycles. The van der Waals surface area contributed by atoms with Gasteiger partial charge in [0.15, 0.2) is 0 Å². The largest absolute Gasteiger partial charge is 0.330 e. The van der Waals surface area contributed by atoms with E-state index in [0.717, 1.165) is 48.1 Å². The van der Waals surface area contributed by atoms with Crippen LogP contribution in [-0.4, -0.2) is 29.9 Å². The van der Waals surface area contributed by atoms with Crippen LogP contribution in [0.3, 0.4) is 0 Å². The molecule has 1 atom stereocenters. The van der Waals surface area contributed by atoms with Crippen LogP contribution in [0.25, 0.3) is 0 Å². The van der Waals surface area contributed by atoms with E-state index < -0.39 is 0 Å². The van der Waals surface area contributed by atoms with Gasteiger partial charge in [-0.05, 0) is 43.1 Å². The van der Waals surface area contributed by atoms with E-state index in [4.69, 9.17) is 0 Å². The molecule has 2 aliphatic rings. The number of nitrogens with zero attached hydrogens (tertiary/aromatic N) is 1. The fourth-order valence-corrected chi connectivity index (χ4v) is 3.11. The lowest BCUT2D eigenvalue weighted by Gasteiger charge is -2.31. The second-order valence-corrected chi connectivity index (χ2v) is 5.65. The van der Waals surface area contributed by atoms with Crippen LogP contribution in [0, 0.1) is 0 Å². The Morgan fingerprint density at radius 3 is 3.06 bits per heavy atom. The number of halogens is 1. The minimum absolute atomic E-state index is 0.196. The van der Waals surface area contributed by atoms with Crippen molar-refractivity contribution >= 4 is 21.8 Å². The van der Waals surface area contributed by atoms with Crippen molar-refractivity contribution in [2.45, 2.75) is 25.4 Å². The second kappa shape index (κ2) is 4.42. The van der Waals surface area contributed by atoms with E-state index in [1.54, 1.807) is 0 Å². The Kier molecular flexibility index (Phi) is 2.92.